The van der Waals surface area contributed by atoms with Crippen LogP contribution in [0.5, 0.6) is 0 Å². The first kappa shape index (κ1) is 25.7. The molecule has 0 atom stereocenters. The molecule has 2 heteroatoms. The smallest absolute Gasteiger partial charge is 0.0702 e. The minimum Gasteiger partial charge on any atom is -0.381 e. The first-order valence-electron chi connectivity index (χ1n) is 15.6. The molecule has 0 bridgehead atoms. The molecule has 1 aromatic heterocycles. The molecule has 9 rings (SSSR count). The third-order valence-corrected chi connectivity index (χ3v) is 9.40. The molecular formula is C43H30N2. The lowest BCUT2D eigenvalue weighted by Crippen LogP contribution is -2.14. The molecule has 0 saturated heterocycles. The van der Waals surface area contributed by atoms with E-state index in [1.165, 1.54) is 77.2 Å². The van der Waals surface area contributed by atoms with Gasteiger partial charge in [-0.1, -0.05) is 109 Å². The lowest BCUT2D eigenvalue weighted by molar-refractivity contribution is 0.996. The molecule has 0 saturated carbocycles. The van der Waals surface area contributed by atoms with Gasteiger partial charge in [0.1, 0.15) is 0 Å². The fourth-order valence-corrected chi connectivity index (χ4v) is 7.41. The van der Waals surface area contributed by atoms with Gasteiger partial charge in [-0.15, -0.1) is 0 Å². The molecule has 0 radical (unpaired) electrons. The SMILES string of the molecule is Cc1ccc2c3c(cccc13)-c1c-2c(-c2cccc(C3=CC=CCN3)c2)c2ccccc2c1-c1cccc(-c2ccccn2)c1. The zero-order valence-corrected chi connectivity index (χ0v) is 25.0. The van der Waals surface area contributed by atoms with Crippen molar-refractivity contribution in [2.75, 3.05) is 6.54 Å². The average molecular weight is 575 g/mol. The van der Waals surface area contributed by atoms with Crippen LogP contribution in [0, 0.1) is 6.92 Å². The first-order chi connectivity index (χ1) is 22.3. The maximum atomic E-state index is 4.68. The van der Waals surface area contributed by atoms with Crippen LogP contribution in [-0.4, -0.2) is 11.5 Å². The topological polar surface area (TPSA) is 24.9 Å². The Morgan fingerprint density at radius 3 is 1.91 bits per heavy atom. The maximum Gasteiger partial charge on any atom is 0.0702 e. The normalized spacial score (nSPS) is 13.1. The Bertz CT molecular complexity index is 2380. The fourth-order valence-electron chi connectivity index (χ4n) is 7.41. The highest BCUT2D eigenvalue weighted by Gasteiger charge is 2.31. The van der Waals surface area contributed by atoms with Crippen molar-refractivity contribution in [1.82, 2.24) is 10.3 Å². The van der Waals surface area contributed by atoms with Crippen LogP contribution in [0.2, 0.25) is 0 Å². The number of dihydropyridines is 1. The minimum atomic E-state index is 0.845. The van der Waals surface area contributed by atoms with Crippen molar-refractivity contribution in [1.29, 1.82) is 0 Å². The molecule has 0 spiro atoms. The number of pyridine rings is 1. The van der Waals surface area contributed by atoms with Crippen LogP contribution in [0.4, 0.5) is 0 Å². The van der Waals surface area contributed by atoms with E-state index in [9.17, 15) is 0 Å². The van der Waals surface area contributed by atoms with E-state index in [-0.39, 0.29) is 0 Å². The number of nitrogens with zero attached hydrogens (tertiary/aromatic N) is 1. The van der Waals surface area contributed by atoms with Gasteiger partial charge in [-0.05, 0) is 114 Å². The lowest BCUT2D eigenvalue weighted by Gasteiger charge is -2.21. The van der Waals surface area contributed by atoms with Gasteiger partial charge in [0.05, 0.1) is 5.69 Å². The Morgan fingerprint density at radius 2 is 1.20 bits per heavy atom. The second-order valence-electron chi connectivity index (χ2n) is 12.0. The number of aryl methyl sites for hydroxylation is 1. The van der Waals surface area contributed by atoms with Crippen LogP contribution in [0.25, 0.3) is 83.0 Å². The van der Waals surface area contributed by atoms with Crippen LogP contribution < -0.4 is 5.32 Å². The number of aromatic nitrogens is 1. The Labute approximate surface area is 263 Å². The summed E-state index contributed by atoms with van der Waals surface area (Å²) in [7, 11) is 0. The van der Waals surface area contributed by atoms with Crippen molar-refractivity contribution in [2.24, 2.45) is 0 Å². The molecule has 1 aliphatic carbocycles. The van der Waals surface area contributed by atoms with Crippen LogP contribution in [0.1, 0.15) is 11.1 Å². The second kappa shape index (κ2) is 10.2. The van der Waals surface area contributed by atoms with Crippen molar-refractivity contribution in [3.05, 3.63) is 157 Å². The summed E-state index contributed by atoms with van der Waals surface area (Å²) < 4.78 is 0. The van der Waals surface area contributed by atoms with E-state index >= 15 is 0 Å². The number of rotatable bonds is 4. The van der Waals surface area contributed by atoms with Gasteiger partial charge in [-0.2, -0.15) is 0 Å². The van der Waals surface area contributed by atoms with Gasteiger partial charge in [-0.25, -0.2) is 0 Å². The van der Waals surface area contributed by atoms with E-state index in [1.54, 1.807) is 0 Å². The summed E-state index contributed by atoms with van der Waals surface area (Å²) in [5, 5.41) is 8.75. The standard InChI is InChI=1S/C43H30N2/c1-27-21-22-36-41-32(27)17-10-18-35(41)42-39(30-13-8-11-28(25-30)37-19-4-6-23-44-37)33-15-2-3-16-34(33)40(43(36)42)31-14-9-12-29(26-31)38-20-5-7-24-45-38/h2-23,25-26,45H,24H2,1H3. The summed E-state index contributed by atoms with van der Waals surface area (Å²) in [4.78, 5) is 4.68. The summed E-state index contributed by atoms with van der Waals surface area (Å²) in [6, 6.07) is 44.5. The van der Waals surface area contributed by atoms with Crippen LogP contribution >= 0.6 is 0 Å². The van der Waals surface area contributed by atoms with Crippen molar-refractivity contribution in [3.8, 4) is 55.8 Å². The monoisotopic (exact) mass is 574 g/mol. The molecule has 212 valence electrons. The molecule has 2 aliphatic rings. The molecule has 1 aliphatic heterocycles. The molecule has 6 aromatic carbocycles. The van der Waals surface area contributed by atoms with Gasteiger partial charge in [0.25, 0.3) is 0 Å². The number of fused-ring (bicyclic) bond motifs is 4. The molecule has 2 nitrogen and oxygen atoms in total. The molecule has 0 fully saturated rings. The van der Waals surface area contributed by atoms with Crippen molar-refractivity contribution < 1.29 is 0 Å². The summed E-state index contributed by atoms with van der Waals surface area (Å²) in [6.45, 7) is 3.07. The summed E-state index contributed by atoms with van der Waals surface area (Å²) in [5.74, 6) is 0. The van der Waals surface area contributed by atoms with Gasteiger partial charge >= 0.3 is 0 Å². The van der Waals surface area contributed by atoms with Gasteiger partial charge < -0.3 is 5.32 Å². The largest absolute Gasteiger partial charge is 0.381 e. The molecule has 1 N–H and O–H groups in total. The number of hydrogen-bond acceptors (Lipinski definition) is 2. The molecule has 0 unspecified atom stereocenters. The quantitative estimate of drug-likeness (QED) is 0.226. The van der Waals surface area contributed by atoms with Gasteiger partial charge in [0.2, 0.25) is 0 Å². The van der Waals surface area contributed by atoms with E-state index in [0.717, 1.165) is 23.5 Å². The van der Waals surface area contributed by atoms with Crippen LogP contribution in [0.3, 0.4) is 0 Å². The predicted octanol–water partition coefficient (Wildman–Crippen LogP) is 10.8. The molecule has 2 heterocycles. The second-order valence-corrected chi connectivity index (χ2v) is 12.0. The van der Waals surface area contributed by atoms with E-state index in [2.05, 4.69) is 151 Å². The molecular weight excluding hydrogens is 544 g/mol. The van der Waals surface area contributed by atoms with Gasteiger partial charge in [0.15, 0.2) is 0 Å². The Balaban J connectivity index is 1.41. The average Bonchev–Trinajstić information content (AvgIpc) is 3.44. The van der Waals surface area contributed by atoms with E-state index in [1.807, 2.05) is 12.3 Å². The van der Waals surface area contributed by atoms with Gasteiger partial charge in [0, 0.05) is 24.0 Å². The highest BCUT2D eigenvalue weighted by atomic mass is 14.9. The Morgan fingerprint density at radius 1 is 0.556 bits per heavy atom. The van der Waals surface area contributed by atoms with Crippen molar-refractivity contribution >= 4 is 27.2 Å². The Hall–Kier alpha value is -5.73. The number of hydrogen-bond donors (Lipinski definition) is 1. The summed E-state index contributed by atoms with van der Waals surface area (Å²) in [6.07, 6.45) is 8.32. The molecule has 7 aromatic rings. The van der Waals surface area contributed by atoms with Crippen molar-refractivity contribution in [3.63, 3.8) is 0 Å². The molecule has 45 heavy (non-hydrogen) atoms. The highest BCUT2D eigenvalue weighted by molar-refractivity contribution is 6.27. The third-order valence-electron chi connectivity index (χ3n) is 9.40. The van der Waals surface area contributed by atoms with Crippen LogP contribution in [-0.2, 0) is 0 Å². The Kier molecular flexibility index (Phi) is 5.82. The van der Waals surface area contributed by atoms with E-state index in [0.29, 0.717) is 0 Å². The predicted molar refractivity (Wildman–Crippen MR) is 190 cm³/mol. The number of nitrogens with one attached hydrogen (secondary N) is 1. The van der Waals surface area contributed by atoms with Crippen LogP contribution in [0.15, 0.2) is 146 Å². The first-order valence-corrected chi connectivity index (χ1v) is 15.6. The number of allylic oxidation sites excluding steroid dienone is 2. The fraction of sp³-hybridized carbons (Fsp3) is 0.0465. The number of benzene rings is 6. The van der Waals surface area contributed by atoms with Gasteiger partial charge in [-0.3, -0.25) is 4.98 Å². The zero-order chi connectivity index (χ0) is 29.9. The van der Waals surface area contributed by atoms with E-state index in [4.69, 9.17) is 0 Å². The molecule has 0 amide bonds. The highest BCUT2D eigenvalue weighted by Crippen LogP contribution is 2.58. The minimum absolute atomic E-state index is 0.845. The van der Waals surface area contributed by atoms with Crippen molar-refractivity contribution in [2.45, 2.75) is 6.92 Å². The zero-order valence-electron chi connectivity index (χ0n) is 25.0. The third kappa shape index (κ3) is 3.99. The van der Waals surface area contributed by atoms with E-state index < -0.39 is 0 Å². The lowest BCUT2D eigenvalue weighted by atomic mass is 9.82. The summed E-state index contributed by atoms with van der Waals surface area (Å²) in [5.41, 5.74) is 16.0. The maximum absolute atomic E-state index is 4.68. The summed E-state index contributed by atoms with van der Waals surface area (Å²) >= 11 is 0.